The molecule has 270 valence electrons. The van der Waals surface area contributed by atoms with Crippen LogP contribution in [0, 0.1) is 0 Å². The highest BCUT2D eigenvalue weighted by molar-refractivity contribution is 6.27. The van der Waals surface area contributed by atoms with E-state index in [4.69, 9.17) is 0 Å². The fourth-order valence-corrected chi connectivity index (χ4v) is 8.57. The number of hydrogen-bond donors (Lipinski definition) is 0. The molecule has 0 bridgehead atoms. The summed E-state index contributed by atoms with van der Waals surface area (Å²) in [4.78, 5) is 2.46. The highest BCUT2D eigenvalue weighted by atomic mass is 15.1. The number of nitrogens with zero attached hydrogens (tertiary/aromatic N) is 2. The molecular weight excluding hydrogens is 653 g/mol. The summed E-state index contributed by atoms with van der Waals surface area (Å²) >= 11 is 0. The SMILES string of the molecule is CC(C)c1ccc2cc3c(cc2c1)c1cc(N(c2ccc(C(C)(C)C)cc2)c2ccc(C(C)(C)C)cc2)cc2c4cc5cc(C(C)C)ccc5cc4n3c12. The summed E-state index contributed by atoms with van der Waals surface area (Å²) in [6.45, 7) is 22.9. The molecule has 9 aromatic rings. The van der Waals surface area contributed by atoms with Crippen molar-refractivity contribution < 1.29 is 0 Å². The molecular formula is C52H52N2. The summed E-state index contributed by atoms with van der Waals surface area (Å²) in [5, 5.41) is 10.3. The van der Waals surface area contributed by atoms with Crippen molar-refractivity contribution in [3.8, 4) is 0 Å². The third-order valence-electron chi connectivity index (χ3n) is 11.9. The first-order valence-electron chi connectivity index (χ1n) is 19.8. The lowest BCUT2D eigenvalue weighted by molar-refractivity contribution is 0.590. The van der Waals surface area contributed by atoms with E-state index < -0.39 is 0 Å². The van der Waals surface area contributed by atoms with Crippen LogP contribution in [0.25, 0.3) is 59.6 Å². The molecule has 2 nitrogen and oxygen atoms in total. The number of hydrogen-bond acceptors (Lipinski definition) is 1. The van der Waals surface area contributed by atoms with Gasteiger partial charge < -0.3 is 9.30 Å². The minimum Gasteiger partial charge on any atom is -0.310 e. The molecule has 2 aromatic heterocycles. The van der Waals surface area contributed by atoms with E-state index in [-0.39, 0.29) is 10.8 Å². The maximum Gasteiger partial charge on any atom is 0.0622 e. The van der Waals surface area contributed by atoms with Crippen molar-refractivity contribution in [1.29, 1.82) is 0 Å². The molecule has 0 aliphatic heterocycles. The van der Waals surface area contributed by atoms with Crippen molar-refractivity contribution in [3.05, 3.63) is 144 Å². The van der Waals surface area contributed by atoms with Gasteiger partial charge in [0.1, 0.15) is 0 Å². The standard InChI is InChI=1S/C52H52N2/c1-31(2)33-11-13-35-27-48-44(25-37(35)23-33)46-29-43(30-47-45-26-38-24-34(32(3)4)12-14-36(38)28-49(45)54(48)50(46)47)53(41-19-15-39(16-20-41)51(5,6)7)42-21-17-40(18-22-42)52(8,9)10/h11-32H,1-10H3. The van der Waals surface area contributed by atoms with Crippen molar-refractivity contribution in [3.63, 3.8) is 0 Å². The predicted molar refractivity (Wildman–Crippen MR) is 236 cm³/mol. The van der Waals surface area contributed by atoms with Gasteiger partial charge >= 0.3 is 0 Å². The minimum atomic E-state index is 0.0739. The van der Waals surface area contributed by atoms with E-state index in [1.54, 1.807) is 0 Å². The second-order valence-electron chi connectivity index (χ2n) is 18.4. The predicted octanol–water partition coefficient (Wildman–Crippen LogP) is 15.5. The topological polar surface area (TPSA) is 7.65 Å². The van der Waals surface area contributed by atoms with E-state index in [0.29, 0.717) is 11.8 Å². The van der Waals surface area contributed by atoms with Crippen LogP contribution in [0.1, 0.15) is 103 Å². The Kier molecular flexibility index (Phi) is 7.71. The second kappa shape index (κ2) is 12.1. The zero-order chi connectivity index (χ0) is 37.8. The zero-order valence-corrected chi connectivity index (χ0v) is 33.6. The van der Waals surface area contributed by atoms with Crippen molar-refractivity contribution >= 4 is 76.7 Å². The van der Waals surface area contributed by atoms with E-state index in [1.165, 1.54) is 87.6 Å². The first-order valence-corrected chi connectivity index (χ1v) is 19.8. The lowest BCUT2D eigenvalue weighted by atomic mass is 9.86. The summed E-state index contributed by atoms with van der Waals surface area (Å²) in [5.41, 5.74) is 12.9. The van der Waals surface area contributed by atoms with Crippen molar-refractivity contribution in [2.24, 2.45) is 0 Å². The van der Waals surface area contributed by atoms with E-state index in [9.17, 15) is 0 Å². The third-order valence-corrected chi connectivity index (χ3v) is 11.9. The molecule has 9 rings (SSSR count). The number of benzene rings is 7. The summed E-state index contributed by atoms with van der Waals surface area (Å²) < 4.78 is 2.55. The fraction of sp³-hybridized carbons (Fsp3) is 0.269. The van der Waals surface area contributed by atoms with Gasteiger partial charge in [-0.25, -0.2) is 0 Å². The maximum absolute atomic E-state index is 2.55. The van der Waals surface area contributed by atoms with Crippen LogP contribution in [0.2, 0.25) is 0 Å². The summed E-state index contributed by atoms with van der Waals surface area (Å²) in [6, 6.07) is 47.1. The van der Waals surface area contributed by atoms with Crippen LogP contribution in [-0.4, -0.2) is 4.40 Å². The molecule has 0 amide bonds. The van der Waals surface area contributed by atoms with Crippen molar-refractivity contribution in [2.45, 2.75) is 91.9 Å². The Balaban J connectivity index is 1.38. The number of fused-ring (bicyclic) bond motifs is 8. The van der Waals surface area contributed by atoms with E-state index in [2.05, 4.69) is 200 Å². The molecule has 2 heteroatoms. The number of rotatable bonds is 5. The Labute approximate surface area is 320 Å². The average molecular weight is 705 g/mol. The van der Waals surface area contributed by atoms with Crippen molar-refractivity contribution in [1.82, 2.24) is 4.40 Å². The molecule has 0 unspecified atom stereocenters. The fourth-order valence-electron chi connectivity index (χ4n) is 8.57. The largest absolute Gasteiger partial charge is 0.310 e. The average Bonchev–Trinajstić information content (AvgIpc) is 3.62. The Bertz CT molecular complexity index is 2680. The minimum absolute atomic E-state index is 0.0739. The molecule has 0 aliphatic rings. The molecule has 0 N–H and O–H groups in total. The number of anilines is 3. The zero-order valence-electron chi connectivity index (χ0n) is 33.6. The molecule has 0 radical (unpaired) electrons. The first kappa shape index (κ1) is 34.4. The summed E-state index contributed by atoms with van der Waals surface area (Å²) in [7, 11) is 0. The quantitative estimate of drug-likeness (QED) is 0.173. The lowest BCUT2D eigenvalue weighted by Crippen LogP contribution is -2.14. The molecule has 2 heterocycles. The van der Waals surface area contributed by atoms with Gasteiger partial charge in [-0.15, -0.1) is 0 Å². The van der Waals surface area contributed by atoms with Gasteiger partial charge in [0.05, 0.1) is 16.6 Å². The molecule has 0 saturated carbocycles. The molecule has 54 heavy (non-hydrogen) atoms. The Morgan fingerprint density at radius 3 is 1.19 bits per heavy atom. The monoisotopic (exact) mass is 704 g/mol. The third kappa shape index (κ3) is 5.53. The van der Waals surface area contributed by atoms with Crippen LogP contribution >= 0.6 is 0 Å². The van der Waals surface area contributed by atoms with Crippen LogP contribution in [0.4, 0.5) is 17.1 Å². The van der Waals surface area contributed by atoms with Crippen LogP contribution in [-0.2, 0) is 10.8 Å². The van der Waals surface area contributed by atoms with Gasteiger partial charge in [-0.3, -0.25) is 0 Å². The highest BCUT2D eigenvalue weighted by Gasteiger charge is 2.24. The maximum atomic E-state index is 2.55. The van der Waals surface area contributed by atoms with Crippen LogP contribution < -0.4 is 4.90 Å². The van der Waals surface area contributed by atoms with Crippen molar-refractivity contribution in [2.75, 3.05) is 4.90 Å². The molecule has 0 atom stereocenters. The Hall–Kier alpha value is -5.34. The van der Waals surface area contributed by atoms with Gasteiger partial charge in [-0.1, -0.05) is 130 Å². The van der Waals surface area contributed by atoms with Gasteiger partial charge in [0.25, 0.3) is 0 Å². The van der Waals surface area contributed by atoms with E-state index >= 15 is 0 Å². The molecule has 0 aliphatic carbocycles. The van der Waals surface area contributed by atoms with Crippen LogP contribution in [0.15, 0.2) is 121 Å². The molecule has 0 spiro atoms. The van der Waals surface area contributed by atoms with Gasteiger partial charge in [0.2, 0.25) is 0 Å². The van der Waals surface area contributed by atoms with Gasteiger partial charge in [0, 0.05) is 38.6 Å². The lowest BCUT2D eigenvalue weighted by Gasteiger charge is -2.28. The second-order valence-corrected chi connectivity index (χ2v) is 18.4. The smallest absolute Gasteiger partial charge is 0.0622 e. The molecule has 0 saturated heterocycles. The molecule has 0 fully saturated rings. The number of aromatic nitrogens is 1. The first-order chi connectivity index (χ1) is 25.7. The van der Waals surface area contributed by atoms with Gasteiger partial charge in [-0.2, -0.15) is 0 Å². The summed E-state index contributed by atoms with van der Waals surface area (Å²) in [6.07, 6.45) is 0. The molecule has 7 aromatic carbocycles. The van der Waals surface area contributed by atoms with E-state index in [0.717, 1.165) is 11.4 Å². The highest BCUT2D eigenvalue weighted by Crippen LogP contribution is 2.46. The Morgan fingerprint density at radius 2 is 0.815 bits per heavy atom. The van der Waals surface area contributed by atoms with Gasteiger partial charge in [-0.05, 0) is 127 Å². The van der Waals surface area contributed by atoms with Crippen LogP contribution in [0.3, 0.4) is 0 Å². The van der Waals surface area contributed by atoms with Crippen LogP contribution in [0.5, 0.6) is 0 Å². The van der Waals surface area contributed by atoms with E-state index in [1.807, 2.05) is 0 Å². The van der Waals surface area contributed by atoms with Gasteiger partial charge in [0.15, 0.2) is 0 Å². The Morgan fingerprint density at radius 1 is 0.407 bits per heavy atom. The summed E-state index contributed by atoms with van der Waals surface area (Å²) in [5.74, 6) is 0.950. The normalized spacial score (nSPS) is 13.0.